The average Bonchev–Trinajstić information content (AvgIpc) is 2.37. The number of nitrogens with two attached hydrogens (primary N) is 1. The maximum Gasteiger partial charge on any atom is 0.189 e. The maximum atomic E-state index is 8.77. The van der Waals surface area contributed by atoms with Crippen LogP contribution in [0.15, 0.2) is 45.5 Å². The van der Waals surface area contributed by atoms with Crippen LogP contribution in [0.4, 0.5) is 0 Å². The van der Waals surface area contributed by atoms with Crippen LogP contribution < -0.4 is 5.73 Å². The van der Waals surface area contributed by atoms with Crippen LogP contribution in [0.5, 0.6) is 0 Å². The second-order valence-electron chi connectivity index (χ2n) is 4.06. The molecule has 0 spiro atoms. The van der Waals surface area contributed by atoms with Crippen LogP contribution in [0.25, 0.3) is 0 Å². The number of oxime groups is 1. The smallest absolute Gasteiger partial charge is 0.189 e. The van der Waals surface area contributed by atoms with Gasteiger partial charge < -0.3 is 10.9 Å². The SMILES string of the molecule is Cc1cc(C)nc(Sc2cccnc2/C(N)=N/O)c1. The molecular weight excluding hydrogens is 260 g/mol. The molecule has 2 aromatic rings. The van der Waals surface area contributed by atoms with Crippen LogP contribution in [-0.2, 0) is 0 Å². The lowest BCUT2D eigenvalue weighted by Crippen LogP contribution is -2.16. The van der Waals surface area contributed by atoms with E-state index in [1.54, 1.807) is 12.3 Å². The van der Waals surface area contributed by atoms with E-state index in [0.717, 1.165) is 21.2 Å². The van der Waals surface area contributed by atoms with Gasteiger partial charge in [-0.1, -0.05) is 16.9 Å². The molecule has 5 nitrogen and oxygen atoms in total. The number of hydrogen-bond donors (Lipinski definition) is 2. The summed E-state index contributed by atoms with van der Waals surface area (Å²) in [5.74, 6) is -0.00697. The molecule has 0 unspecified atom stereocenters. The molecule has 3 N–H and O–H groups in total. The third-order valence-electron chi connectivity index (χ3n) is 2.41. The van der Waals surface area contributed by atoms with Crippen molar-refractivity contribution >= 4 is 17.6 Å². The Morgan fingerprint density at radius 1 is 1.37 bits per heavy atom. The highest BCUT2D eigenvalue weighted by Gasteiger charge is 2.10. The first-order valence-electron chi connectivity index (χ1n) is 5.66. The molecule has 0 amide bonds. The molecule has 19 heavy (non-hydrogen) atoms. The van der Waals surface area contributed by atoms with Crippen molar-refractivity contribution < 1.29 is 5.21 Å². The summed E-state index contributed by atoms with van der Waals surface area (Å²) in [5.41, 5.74) is 8.17. The predicted octanol–water partition coefficient (Wildman–Crippen LogP) is 2.34. The van der Waals surface area contributed by atoms with E-state index in [1.807, 2.05) is 32.0 Å². The van der Waals surface area contributed by atoms with E-state index in [4.69, 9.17) is 10.9 Å². The second-order valence-corrected chi connectivity index (χ2v) is 5.12. The molecule has 0 aliphatic heterocycles. The minimum atomic E-state index is -0.00697. The lowest BCUT2D eigenvalue weighted by Gasteiger charge is -2.07. The van der Waals surface area contributed by atoms with Gasteiger partial charge in [-0.2, -0.15) is 0 Å². The van der Waals surface area contributed by atoms with Crippen LogP contribution in [0.1, 0.15) is 17.0 Å². The zero-order valence-corrected chi connectivity index (χ0v) is 11.5. The van der Waals surface area contributed by atoms with Crippen molar-refractivity contribution in [3.63, 3.8) is 0 Å². The molecule has 0 aliphatic rings. The molecule has 98 valence electrons. The van der Waals surface area contributed by atoms with Crippen molar-refractivity contribution in [2.45, 2.75) is 23.8 Å². The number of hydrogen-bond acceptors (Lipinski definition) is 5. The Morgan fingerprint density at radius 3 is 2.84 bits per heavy atom. The minimum Gasteiger partial charge on any atom is -0.409 e. The fourth-order valence-electron chi connectivity index (χ4n) is 1.68. The Kier molecular flexibility index (Phi) is 4.01. The third kappa shape index (κ3) is 3.23. The third-order valence-corrected chi connectivity index (χ3v) is 3.38. The zero-order valence-electron chi connectivity index (χ0n) is 10.7. The summed E-state index contributed by atoms with van der Waals surface area (Å²) < 4.78 is 0. The highest BCUT2D eigenvalue weighted by atomic mass is 32.2. The summed E-state index contributed by atoms with van der Waals surface area (Å²) in [6, 6.07) is 7.67. The van der Waals surface area contributed by atoms with Gasteiger partial charge in [-0.3, -0.25) is 4.98 Å². The molecule has 0 aromatic carbocycles. The Hall–Kier alpha value is -2.08. The summed E-state index contributed by atoms with van der Waals surface area (Å²) >= 11 is 1.44. The molecular formula is C13H14N4OS. The van der Waals surface area contributed by atoms with Gasteiger partial charge in [0, 0.05) is 16.8 Å². The highest BCUT2D eigenvalue weighted by molar-refractivity contribution is 7.99. The minimum absolute atomic E-state index is 0.00697. The number of rotatable bonds is 3. The highest BCUT2D eigenvalue weighted by Crippen LogP contribution is 2.28. The molecule has 0 bridgehead atoms. The molecule has 2 rings (SSSR count). The van der Waals surface area contributed by atoms with Gasteiger partial charge >= 0.3 is 0 Å². The van der Waals surface area contributed by atoms with E-state index in [0.29, 0.717) is 5.69 Å². The summed E-state index contributed by atoms with van der Waals surface area (Å²) in [4.78, 5) is 9.37. The molecule has 0 atom stereocenters. The van der Waals surface area contributed by atoms with Crippen molar-refractivity contribution in [2.24, 2.45) is 10.9 Å². The first kappa shape index (κ1) is 13.4. The molecule has 2 aromatic heterocycles. The zero-order chi connectivity index (χ0) is 13.8. The summed E-state index contributed by atoms with van der Waals surface area (Å²) in [7, 11) is 0. The summed E-state index contributed by atoms with van der Waals surface area (Å²) in [6.07, 6.45) is 1.60. The van der Waals surface area contributed by atoms with Gasteiger partial charge in [0.2, 0.25) is 0 Å². The molecule has 6 heteroatoms. The number of aryl methyl sites for hydroxylation is 2. The van der Waals surface area contributed by atoms with Gasteiger partial charge in [0.1, 0.15) is 10.7 Å². The fraction of sp³-hybridized carbons (Fsp3) is 0.154. The normalized spacial score (nSPS) is 11.6. The summed E-state index contributed by atoms with van der Waals surface area (Å²) in [6.45, 7) is 3.97. The topological polar surface area (TPSA) is 84.4 Å². The Bertz CT molecular complexity index is 608. The van der Waals surface area contributed by atoms with E-state index in [-0.39, 0.29) is 5.84 Å². The van der Waals surface area contributed by atoms with Crippen LogP contribution in [0, 0.1) is 13.8 Å². The van der Waals surface area contributed by atoms with Crippen molar-refractivity contribution in [1.29, 1.82) is 0 Å². The van der Waals surface area contributed by atoms with Crippen molar-refractivity contribution in [3.8, 4) is 0 Å². The van der Waals surface area contributed by atoms with Crippen LogP contribution in [0.2, 0.25) is 0 Å². The van der Waals surface area contributed by atoms with Crippen LogP contribution >= 0.6 is 11.8 Å². The lowest BCUT2D eigenvalue weighted by molar-refractivity contribution is 0.318. The van der Waals surface area contributed by atoms with Gasteiger partial charge in [-0.05, 0) is 43.7 Å². The Morgan fingerprint density at radius 2 is 2.16 bits per heavy atom. The van der Waals surface area contributed by atoms with E-state index in [9.17, 15) is 0 Å². The lowest BCUT2D eigenvalue weighted by atomic mass is 10.3. The number of amidine groups is 1. The van der Waals surface area contributed by atoms with Crippen molar-refractivity contribution in [3.05, 3.63) is 47.4 Å². The van der Waals surface area contributed by atoms with Crippen LogP contribution in [-0.4, -0.2) is 21.0 Å². The van der Waals surface area contributed by atoms with Gasteiger partial charge in [0.05, 0.1) is 0 Å². The van der Waals surface area contributed by atoms with Gasteiger partial charge in [0.15, 0.2) is 5.84 Å². The molecule has 2 heterocycles. The number of pyridine rings is 2. The van der Waals surface area contributed by atoms with E-state index in [2.05, 4.69) is 15.1 Å². The van der Waals surface area contributed by atoms with Crippen molar-refractivity contribution in [2.75, 3.05) is 0 Å². The monoisotopic (exact) mass is 274 g/mol. The van der Waals surface area contributed by atoms with Crippen LogP contribution in [0.3, 0.4) is 0 Å². The van der Waals surface area contributed by atoms with E-state index < -0.39 is 0 Å². The number of nitrogens with zero attached hydrogens (tertiary/aromatic N) is 3. The molecule has 0 aliphatic carbocycles. The Labute approximate surface area is 115 Å². The quantitative estimate of drug-likeness (QED) is 0.388. The van der Waals surface area contributed by atoms with Crippen molar-refractivity contribution in [1.82, 2.24) is 9.97 Å². The van der Waals surface area contributed by atoms with E-state index >= 15 is 0 Å². The Balaban J connectivity index is 2.38. The first-order valence-corrected chi connectivity index (χ1v) is 6.48. The van der Waals surface area contributed by atoms with Gasteiger partial charge in [-0.15, -0.1) is 0 Å². The molecule has 0 radical (unpaired) electrons. The standard InChI is InChI=1S/C13H14N4OS/c1-8-6-9(2)16-11(7-8)19-10-4-3-5-15-12(10)13(14)17-18/h3-7,18H,1-2H3,(H2,14,17). The van der Waals surface area contributed by atoms with Gasteiger partial charge in [-0.25, -0.2) is 4.98 Å². The number of aromatic nitrogens is 2. The predicted molar refractivity (Wildman–Crippen MR) is 74.6 cm³/mol. The maximum absolute atomic E-state index is 8.77. The average molecular weight is 274 g/mol. The fourth-order valence-corrected chi connectivity index (χ4v) is 2.74. The largest absolute Gasteiger partial charge is 0.409 e. The summed E-state index contributed by atoms with van der Waals surface area (Å²) in [5, 5.41) is 12.6. The second kappa shape index (κ2) is 5.71. The first-order chi connectivity index (χ1) is 9.10. The molecule has 0 saturated heterocycles. The van der Waals surface area contributed by atoms with Gasteiger partial charge in [0.25, 0.3) is 0 Å². The molecule has 0 fully saturated rings. The molecule has 0 saturated carbocycles. The van der Waals surface area contributed by atoms with E-state index in [1.165, 1.54) is 11.8 Å².